The molecule has 6 nitrogen and oxygen atoms in total. The Bertz CT molecular complexity index is 910. The molecule has 0 spiro atoms. The second-order valence-corrected chi connectivity index (χ2v) is 8.08. The lowest BCUT2D eigenvalue weighted by Crippen LogP contribution is -2.37. The molecule has 0 bridgehead atoms. The van der Waals surface area contributed by atoms with E-state index >= 15 is 0 Å². The minimum atomic E-state index is -0.228. The monoisotopic (exact) mass is 418 g/mol. The van der Waals surface area contributed by atoms with Gasteiger partial charge in [0, 0.05) is 30.3 Å². The van der Waals surface area contributed by atoms with Crippen molar-refractivity contribution >= 4 is 17.5 Å². The summed E-state index contributed by atoms with van der Waals surface area (Å²) in [6.45, 7) is 1.79. The van der Waals surface area contributed by atoms with E-state index in [9.17, 15) is 9.59 Å². The van der Waals surface area contributed by atoms with Crippen LogP contribution in [0, 0.1) is 17.2 Å². The summed E-state index contributed by atoms with van der Waals surface area (Å²) >= 11 is 0. The Morgan fingerprint density at radius 3 is 2.32 bits per heavy atom. The lowest BCUT2D eigenvalue weighted by atomic mass is 9.88. The van der Waals surface area contributed by atoms with Crippen molar-refractivity contribution in [3.63, 3.8) is 0 Å². The second-order valence-electron chi connectivity index (χ2n) is 8.08. The van der Waals surface area contributed by atoms with Crippen LogP contribution < -0.4 is 11.1 Å². The van der Waals surface area contributed by atoms with Crippen LogP contribution in [-0.2, 0) is 11.3 Å². The van der Waals surface area contributed by atoms with Crippen molar-refractivity contribution in [1.29, 1.82) is 5.26 Å². The Balaban J connectivity index is 1.62. The molecule has 0 saturated heterocycles. The van der Waals surface area contributed by atoms with Crippen molar-refractivity contribution < 1.29 is 9.59 Å². The van der Waals surface area contributed by atoms with Gasteiger partial charge in [-0.2, -0.15) is 5.26 Å². The molecule has 162 valence electrons. The first-order valence-electron chi connectivity index (χ1n) is 11.0. The van der Waals surface area contributed by atoms with E-state index in [-0.39, 0.29) is 17.7 Å². The second kappa shape index (κ2) is 11.3. The zero-order valence-electron chi connectivity index (χ0n) is 17.8. The van der Waals surface area contributed by atoms with Crippen molar-refractivity contribution in [2.24, 2.45) is 11.7 Å². The molecular formula is C25H30N4O2. The molecule has 0 atom stereocenters. The lowest BCUT2D eigenvalue weighted by Gasteiger charge is -2.29. The average Bonchev–Trinajstić information content (AvgIpc) is 2.83. The highest BCUT2D eigenvalue weighted by molar-refractivity contribution is 6.04. The number of carbonyl (C=O) groups is 2. The van der Waals surface area contributed by atoms with Gasteiger partial charge in [-0.3, -0.25) is 9.59 Å². The highest BCUT2D eigenvalue weighted by atomic mass is 16.2. The molecule has 2 aromatic rings. The number of nitrogens with one attached hydrogen (secondary N) is 1. The van der Waals surface area contributed by atoms with Crippen molar-refractivity contribution in [2.75, 3.05) is 18.4 Å². The Morgan fingerprint density at radius 1 is 1.03 bits per heavy atom. The molecule has 6 heteroatoms. The van der Waals surface area contributed by atoms with Gasteiger partial charge in [-0.15, -0.1) is 0 Å². The number of amides is 2. The SMILES string of the molecule is N#Cc1ccc(C(=O)Nc2ccc(CN(CCCN)C(=O)C3CCCCC3)cc2)cc1. The number of benzene rings is 2. The lowest BCUT2D eigenvalue weighted by molar-refractivity contribution is -0.137. The number of rotatable bonds is 8. The summed E-state index contributed by atoms with van der Waals surface area (Å²) in [5.74, 6) is 0.151. The third-order valence-electron chi connectivity index (χ3n) is 5.76. The largest absolute Gasteiger partial charge is 0.338 e. The highest BCUT2D eigenvalue weighted by Crippen LogP contribution is 2.26. The molecule has 1 aliphatic rings. The first-order chi connectivity index (χ1) is 15.1. The minimum absolute atomic E-state index is 0.137. The van der Waals surface area contributed by atoms with E-state index in [2.05, 4.69) is 5.32 Å². The topological polar surface area (TPSA) is 99.2 Å². The van der Waals surface area contributed by atoms with Crippen LogP contribution in [0.3, 0.4) is 0 Å². The number of carbonyl (C=O) groups excluding carboxylic acids is 2. The maximum atomic E-state index is 13.0. The van der Waals surface area contributed by atoms with Crippen LogP contribution in [0.15, 0.2) is 48.5 Å². The van der Waals surface area contributed by atoms with E-state index in [1.54, 1.807) is 24.3 Å². The van der Waals surface area contributed by atoms with E-state index in [0.29, 0.717) is 36.4 Å². The molecule has 0 aromatic heterocycles. The van der Waals surface area contributed by atoms with Crippen LogP contribution in [0.1, 0.15) is 60.0 Å². The van der Waals surface area contributed by atoms with Crippen LogP contribution in [0.2, 0.25) is 0 Å². The van der Waals surface area contributed by atoms with Crippen LogP contribution in [0.25, 0.3) is 0 Å². The summed E-state index contributed by atoms with van der Waals surface area (Å²) < 4.78 is 0. The Labute approximate surface area is 184 Å². The minimum Gasteiger partial charge on any atom is -0.338 e. The smallest absolute Gasteiger partial charge is 0.255 e. The molecule has 3 rings (SSSR count). The van der Waals surface area contributed by atoms with Crippen molar-refractivity contribution in [3.05, 3.63) is 65.2 Å². The maximum absolute atomic E-state index is 13.0. The fourth-order valence-electron chi connectivity index (χ4n) is 3.97. The molecule has 0 heterocycles. The molecule has 31 heavy (non-hydrogen) atoms. The maximum Gasteiger partial charge on any atom is 0.255 e. The number of hydrogen-bond acceptors (Lipinski definition) is 4. The summed E-state index contributed by atoms with van der Waals surface area (Å²) in [5, 5.41) is 11.7. The predicted molar refractivity (Wildman–Crippen MR) is 121 cm³/mol. The molecule has 1 saturated carbocycles. The fraction of sp³-hybridized carbons (Fsp3) is 0.400. The van der Waals surface area contributed by atoms with Crippen LogP contribution >= 0.6 is 0 Å². The van der Waals surface area contributed by atoms with Crippen molar-refractivity contribution in [3.8, 4) is 6.07 Å². The Hall–Kier alpha value is -3.17. The standard InChI is InChI=1S/C25H30N4O2/c26-15-4-16-29(25(31)22-5-2-1-3-6-22)18-20-9-13-23(14-10-20)28-24(30)21-11-7-19(17-27)8-12-21/h7-14,22H,1-6,15-16,18,26H2,(H,28,30). The molecule has 0 aliphatic heterocycles. The third-order valence-corrected chi connectivity index (χ3v) is 5.76. The Morgan fingerprint density at radius 2 is 1.71 bits per heavy atom. The molecular weight excluding hydrogens is 388 g/mol. The van der Waals surface area contributed by atoms with Gasteiger partial charge in [0.2, 0.25) is 5.91 Å². The molecule has 1 fully saturated rings. The molecule has 1 aliphatic carbocycles. The van der Waals surface area contributed by atoms with E-state index in [1.165, 1.54) is 6.42 Å². The summed E-state index contributed by atoms with van der Waals surface area (Å²) in [6, 6.07) is 16.1. The van der Waals surface area contributed by atoms with Crippen LogP contribution in [-0.4, -0.2) is 29.8 Å². The molecule has 2 aromatic carbocycles. The molecule has 2 amide bonds. The van der Waals surface area contributed by atoms with Gasteiger partial charge in [-0.05, 0) is 67.8 Å². The summed E-state index contributed by atoms with van der Waals surface area (Å²) in [5.41, 5.74) is 8.41. The molecule has 3 N–H and O–H groups in total. The normalized spacial score (nSPS) is 13.9. The fourth-order valence-corrected chi connectivity index (χ4v) is 3.97. The van der Waals surface area contributed by atoms with E-state index in [1.807, 2.05) is 35.2 Å². The predicted octanol–water partition coefficient (Wildman–Crippen LogP) is 4.07. The van der Waals surface area contributed by atoms with E-state index in [4.69, 9.17) is 11.0 Å². The van der Waals surface area contributed by atoms with Crippen molar-refractivity contribution in [2.45, 2.75) is 45.1 Å². The van der Waals surface area contributed by atoms with Gasteiger partial charge in [-0.1, -0.05) is 31.4 Å². The zero-order valence-corrected chi connectivity index (χ0v) is 17.8. The number of anilines is 1. The van der Waals surface area contributed by atoms with Gasteiger partial charge in [0.25, 0.3) is 5.91 Å². The zero-order chi connectivity index (χ0) is 22.1. The van der Waals surface area contributed by atoms with Crippen LogP contribution in [0.5, 0.6) is 0 Å². The average molecular weight is 419 g/mol. The highest BCUT2D eigenvalue weighted by Gasteiger charge is 2.25. The van der Waals surface area contributed by atoms with Gasteiger partial charge in [0.1, 0.15) is 0 Å². The summed E-state index contributed by atoms with van der Waals surface area (Å²) in [4.78, 5) is 27.4. The molecule has 0 radical (unpaired) electrons. The number of nitriles is 1. The van der Waals surface area contributed by atoms with E-state index in [0.717, 1.165) is 37.7 Å². The van der Waals surface area contributed by atoms with Crippen LogP contribution in [0.4, 0.5) is 5.69 Å². The summed E-state index contributed by atoms with van der Waals surface area (Å²) in [7, 11) is 0. The summed E-state index contributed by atoms with van der Waals surface area (Å²) in [6.07, 6.45) is 6.25. The van der Waals surface area contributed by atoms with Gasteiger partial charge in [0.15, 0.2) is 0 Å². The first-order valence-corrected chi connectivity index (χ1v) is 11.0. The molecule has 0 unspecified atom stereocenters. The third kappa shape index (κ3) is 6.40. The van der Waals surface area contributed by atoms with Gasteiger partial charge in [-0.25, -0.2) is 0 Å². The Kier molecular flexibility index (Phi) is 8.19. The number of nitrogens with two attached hydrogens (primary N) is 1. The first kappa shape index (κ1) is 22.5. The number of hydrogen-bond donors (Lipinski definition) is 2. The number of nitrogens with zero attached hydrogens (tertiary/aromatic N) is 2. The van der Waals surface area contributed by atoms with E-state index < -0.39 is 0 Å². The van der Waals surface area contributed by atoms with Crippen molar-refractivity contribution in [1.82, 2.24) is 4.90 Å². The van der Waals surface area contributed by atoms with Gasteiger partial charge < -0.3 is 16.0 Å². The van der Waals surface area contributed by atoms with Gasteiger partial charge >= 0.3 is 0 Å². The van der Waals surface area contributed by atoms with Gasteiger partial charge in [0.05, 0.1) is 11.6 Å². The quantitative estimate of drug-likeness (QED) is 0.675.